The van der Waals surface area contributed by atoms with E-state index in [9.17, 15) is 0 Å². The molecule has 2 saturated heterocycles. The molecular weight excluding hydrogens is 248 g/mol. The number of hydrogen-bond acceptors (Lipinski definition) is 3. The van der Waals surface area contributed by atoms with Gasteiger partial charge in [-0.2, -0.15) is 0 Å². The van der Waals surface area contributed by atoms with Crippen LogP contribution in [0.25, 0.3) is 0 Å². The minimum atomic E-state index is 0.454. The molecule has 0 aromatic heterocycles. The van der Waals surface area contributed by atoms with Gasteiger partial charge in [-0.1, -0.05) is 13.8 Å². The maximum atomic E-state index is 5.49. The van der Waals surface area contributed by atoms with Crippen LogP contribution >= 0.6 is 0 Å². The lowest BCUT2D eigenvalue weighted by Gasteiger charge is -2.38. The average molecular weight is 282 g/mol. The van der Waals surface area contributed by atoms with Gasteiger partial charge in [-0.05, 0) is 70.0 Å². The van der Waals surface area contributed by atoms with E-state index in [1.54, 1.807) is 0 Å². The van der Waals surface area contributed by atoms with Gasteiger partial charge in [0.25, 0.3) is 0 Å². The zero-order valence-corrected chi connectivity index (χ0v) is 13.8. The van der Waals surface area contributed by atoms with Crippen LogP contribution in [0.2, 0.25) is 0 Å². The Morgan fingerprint density at radius 1 is 1.25 bits per heavy atom. The van der Waals surface area contributed by atoms with E-state index in [1.807, 2.05) is 0 Å². The normalized spacial score (nSPS) is 26.6. The van der Waals surface area contributed by atoms with E-state index in [0.29, 0.717) is 11.5 Å². The van der Waals surface area contributed by atoms with E-state index in [0.717, 1.165) is 25.7 Å². The van der Waals surface area contributed by atoms with Crippen molar-refractivity contribution < 1.29 is 4.74 Å². The van der Waals surface area contributed by atoms with Crippen molar-refractivity contribution in [3.8, 4) is 0 Å². The van der Waals surface area contributed by atoms with Crippen molar-refractivity contribution in [3.05, 3.63) is 0 Å². The van der Waals surface area contributed by atoms with Gasteiger partial charge < -0.3 is 15.0 Å². The predicted molar refractivity (Wildman–Crippen MR) is 85.1 cm³/mol. The second kappa shape index (κ2) is 7.77. The van der Waals surface area contributed by atoms with E-state index in [-0.39, 0.29) is 0 Å². The molecule has 0 radical (unpaired) electrons. The van der Waals surface area contributed by atoms with Gasteiger partial charge in [0.05, 0.1) is 0 Å². The molecule has 2 rings (SSSR count). The first-order valence-corrected chi connectivity index (χ1v) is 8.66. The summed E-state index contributed by atoms with van der Waals surface area (Å²) in [5, 5.41) is 3.84. The Balaban J connectivity index is 1.68. The van der Waals surface area contributed by atoms with Gasteiger partial charge >= 0.3 is 0 Å². The van der Waals surface area contributed by atoms with Gasteiger partial charge in [-0.15, -0.1) is 0 Å². The predicted octanol–water partition coefficient (Wildman–Crippen LogP) is 2.90. The van der Waals surface area contributed by atoms with Crippen LogP contribution in [0.5, 0.6) is 0 Å². The third-order valence-electron chi connectivity index (χ3n) is 5.43. The van der Waals surface area contributed by atoms with E-state index >= 15 is 0 Å². The van der Waals surface area contributed by atoms with Crippen LogP contribution < -0.4 is 5.32 Å². The summed E-state index contributed by atoms with van der Waals surface area (Å²) in [6.45, 7) is 14.0. The summed E-state index contributed by atoms with van der Waals surface area (Å²) < 4.78 is 5.49. The van der Waals surface area contributed by atoms with Crippen LogP contribution in [0.15, 0.2) is 0 Å². The van der Waals surface area contributed by atoms with Crippen LogP contribution in [0.4, 0.5) is 0 Å². The topological polar surface area (TPSA) is 24.5 Å². The summed E-state index contributed by atoms with van der Waals surface area (Å²) in [6, 6.07) is 0.665. The van der Waals surface area contributed by atoms with E-state index in [2.05, 4.69) is 31.0 Å². The highest BCUT2D eigenvalue weighted by Crippen LogP contribution is 2.29. The third-order valence-corrected chi connectivity index (χ3v) is 5.43. The standard InChI is InChI=1S/C17H34N2O/c1-4-9-19-10-5-16(6-11-19)15(2)18-14-17(3)7-12-20-13-8-17/h15-16,18H,4-14H2,1-3H3. The molecule has 0 spiro atoms. The fourth-order valence-corrected chi connectivity index (χ4v) is 3.61. The van der Waals surface area contributed by atoms with Crippen molar-refractivity contribution in [3.63, 3.8) is 0 Å². The first kappa shape index (κ1) is 16.3. The molecule has 118 valence electrons. The molecule has 0 amide bonds. The lowest BCUT2D eigenvalue weighted by atomic mass is 9.81. The Hall–Kier alpha value is -0.120. The van der Waals surface area contributed by atoms with Crippen LogP contribution in [-0.4, -0.2) is 50.3 Å². The van der Waals surface area contributed by atoms with E-state index in [1.165, 1.54) is 51.7 Å². The maximum absolute atomic E-state index is 5.49. The summed E-state index contributed by atoms with van der Waals surface area (Å²) in [7, 11) is 0. The summed E-state index contributed by atoms with van der Waals surface area (Å²) in [4.78, 5) is 2.63. The molecule has 2 heterocycles. The first-order valence-electron chi connectivity index (χ1n) is 8.66. The van der Waals surface area contributed by atoms with E-state index in [4.69, 9.17) is 4.74 Å². The van der Waals surface area contributed by atoms with Gasteiger partial charge in [0, 0.05) is 25.8 Å². The SMILES string of the molecule is CCCN1CCC(C(C)NCC2(C)CCOCC2)CC1. The summed E-state index contributed by atoms with van der Waals surface area (Å²) in [5.41, 5.74) is 0.454. The lowest BCUT2D eigenvalue weighted by Crippen LogP contribution is -2.46. The number of nitrogens with zero attached hydrogens (tertiary/aromatic N) is 1. The van der Waals surface area contributed by atoms with Crippen LogP contribution in [0, 0.1) is 11.3 Å². The molecule has 2 aliphatic rings. The Bertz CT molecular complexity index is 268. The van der Waals surface area contributed by atoms with Gasteiger partial charge in [-0.25, -0.2) is 0 Å². The van der Waals surface area contributed by atoms with E-state index < -0.39 is 0 Å². The number of hydrogen-bond donors (Lipinski definition) is 1. The van der Waals surface area contributed by atoms with Crippen LogP contribution in [-0.2, 0) is 4.74 Å². The molecule has 2 aliphatic heterocycles. The molecule has 3 nitrogen and oxygen atoms in total. The molecule has 20 heavy (non-hydrogen) atoms. The second-order valence-corrected chi connectivity index (χ2v) is 7.27. The zero-order valence-electron chi connectivity index (χ0n) is 13.8. The molecule has 1 atom stereocenters. The van der Waals surface area contributed by atoms with Gasteiger partial charge in [0.2, 0.25) is 0 Å². The highest BCUT2D eigenvalue weighted by atomic mass is 16.5. The molecule has 1 N–H and O–H groups in total. The molecule has 2 fully saturated rings. The number of likely N-dealkylation sites (tertiary alicyclic amines) is 1. The molecule has 3 heteroatoms. The monoisotopic (exact) mass is 282 g/mol. The molecule has 1 unspecified atom stereocenters. The number of rotatable bonds is 6. The maximum Gasteiger partial charge on any atom is 0.0471 e. The van der Waals surface area contributed by atoms with Crippen molar-refractivity contribution in [1.82, 2.24) is 10.2 Å². The largest absolute Gasteiger partial charge is 0.381 e. The smallest absolute Gasteiger partial charge is 0.0471 e. The van der Waals surface area contributed by atoms with Crippen molar-refractivity contribution in [2.45, 2.75) is 58.9 Å². The van der Waals surface area contributed by atoms with Crippen LogP contribution in [0.3, 0.4) is 0 Å². The second-order valence-electron chi connectivity index (χ2n) is 7.27. The lowest BCUT2D eigenvalue weighted by molar-refractivity contribution is 0.0214. The van der Waals surface area contributed by atoms with Crippen molar-refractivity contribution >= 4 is 0 Å². The fraction of sp³-hybridized carbons (Fsp3) is 1.00. The summed E-state index contributed by atoms with van der Waals surface area (Å²) in [5.74, 6) is 0.867. The molecule has 0 saturated carbocycles. The third kappa shape index (κ3) is 4.71. The summed E-state index contributed by atoms with van der Waals surface area (Å²) >= 11 is 0. The minimum Gasteiger partial charge on any atom is -0.381 e. The molecule has 0 aromatic rings. The van der Waals surface area contributed by atoms with Gasteiger partial charge in [0.1, 0.15) is 0 Å². The number of piperidine rings is 1. The number of nitrogens with one attached hydrogen (secondary N) is 1. The van der Waals surface area contributed by atoms with Crippen molar-refractivity contribution in [2.75, 3.05) is 39.4 Å². The molecular formula is C17H34N2O. The van der Waals surface area contributed by atoms with Crippen molar-refractivity contribution in [2.24, 2.45) is 11.3 Å². The quantitative estimate of drug-likeness (QED) is 0.811. The molecule has 0 aromatic carbocycles. The highest BCUT2D eigenvalue weighted by Gasteiger charge is 2.29. The Kier molecular flexibility index (Phi) is 6.31. The van der Waals surface area contributed by atoms with Gasteiger partial charge in [0.15, 0.2) is 0 Å². The van der Waals surface area contributed by atoms with Crippen molar-refractivity contribution in [1.29, 1.82) is 0 Å². The number of ether oxygens (including phenoxy) is 1. The fourth-order valence-electron chi connectivity index (χ4n) is 3.61. The molecule has 0 aliphatic carbocycles. The first-order chi connectivity index (χ1) is 9.63. The summed E-state index contributed by atoms with van der Waals surface area (Å²) in [6.07, 6.45) is 6.45. The van der Waals surface area contributed by atoms with Crippen LogP contribution in [0.1, 0.15) is 52.9 Å². The molecule has 0 bridgehead atoms. The Morgan fingerprint density at radius 3 is 2.50 bits per heavy atom. The zero-order chi connectivity index (χ0) is 14.4. The highest BCUT2D eigenvalue weighted by molar-refractivity contribution is 4.84. The Labute approximate surface area is 125 Å². The average Bonchev–Trinajstić information content (AvgIpc) is 2.47. The minimum absolute atomic E-state index is 0.454. The van der Waals surface area contributed by atoms with Gasteiger partial charge in [-0.3, -0.25) is 0 Å². The Morgan fingerprint density at radius 2 is 1.90 bits per heavy atom.